The Kier molecular flexibility index (Phi) is 5.58. The first kappa shape index (κ1) is 25.9. The van der Waals surface area contributed by atoms with Gasteiger partial charge in [0.15, 0.2) is 0 Å². The normalized spacial score (nSPS) is 13.3. The van der Waals surface area contributed by atoms with Gasteiger partial charge in [0.2, 0.25) is 0 Å². The zero-order valence-electron chi connectivity index (χ0n) is 25.3. The van der Waals surface area contributed by atoms with Crippen LogP contribution in [-0.2, 0) is 5.41 Å². The van der Waals surface area contributed by atoms with Gasteiger partial charge >= 0.3 is 0 Å². The van der Waals surface area contributed by atoms with Crippen LogP contribution >= 0.6 is 0 Å². The van der Waals surface area contributed by atoms with Crippen LogP contribution in [-0.4, -0.2) is 0 Å². The highest BCUT2D eigenvalue weighted by atomic mass is 16.3. The lowest BCUT2D eigenvalue weighted by Crippen LogP contribution is -2.16. The second-order valence-corrected chi connectivity index (χ2v) is 12.6. The molecule has 0 fully saturated rings. The fraction of sp³-hybridized carbons (Fsp3) is 0.0698. The molecule has 0 saturated heterocycles. The summed E-state index contributed by atoms with van der Waals surface area (Å²) in [5.74, 6) is 0. The van der Waals surface area contributed by atoms with Gasteiger partial charge in [-0.15, -0.1) is 0 Å². The van der Waals surface area contributed by atoms with Gasteiger partial charge in [-0.1, -0.05) is 117 Å². The Morgan fingerprint density at radius 3 is 1.93 bits per heavy atom. The molecular formula is C43H31NO. The summed E-state index contributed by atoms with van der Waals surface area (Å²) in [6.45, 7) is 4.73. The molecule has 0 unspecified atom stereocenters. The highest BCUT2D eigenvalue weighted by Crippen LogP contribution is 2.52. The van der Waals surface area contributed by atoms with Crippen molar-refractivity contribution >= 4 is 49.8 Å². The molecule has 0 bridgehead atoms. The van der Waals surface area contributed by atoms with Gasteiger partial charge in [-0.25, -0.2) is 0 Å². The Morgan fingerprint density at radius 2 is 1.09 bits per heavy atom. The summed E-state index contributed by atoms with van der Waals surface area (Å²) >= 11 is 0. The zero-order chi connectivity index (χ0) is 30.1. The van der Waals surface area contributed by atoms with Crippen molar-refractivity contribution < 1.29 is 4.42 Å². The van der Waals surface area contributed by atoms with Crippen molar-refractivity contribution in [2.45, 2.75) is 19.3 Å². The van der Waals surface area contributed by atoms with E-state index in [0.717, 1.165) is 39.0 Å². The van der Waals surface area contributed by atoms with E-state index < -0.39 is 0 Å². The molecule has 1 aromatic heterocycles. The first-order valence-electron chi connectivity index (χ1n) is 15.6. The summed E-state index contributed by atoms with van der Waals surface area (Å²) in [6.07, 6.45) is 0. The smallest absolute Gasteiger partial charge is 0.135 e. The van der Waals surface area contributed by atoms with Crippen LogP contribution in [0.25, 0.3) is 55.0 Å². The van der Waals surface area contributed by atoms with E-state index in [4.69, 9.17) is 4.42 Å². The number of para-hydroxylation sites is 1. The number of benzene rings is 7. The van der Waals surface area contributed by atoms with E-state index in [0.29, 0.717) is 0 Å². The van der Waals surface area contributed by atoms with Crippen molar-refractivity contribution in [3.05, 3.63) is 163 Å². The highest BCUT2D eigenvalue weighted by molar-refractivity contribution is 6.07. The van der Waals surface area contributed by atoms with Crippen molar-refractivity contribution in [3.8, 4) is 22.3 Å². The minimum atomic E-state index is -0.0964. The second kappa shape index (κ2) is 9.70. The minimum Gasteiger partial charge on any atom is -0.456 e. The topological polar surface area (TPSA) is 16.4 Å². The summed E-state index contributed by atoms with van der Waals surface area (Å²) in [7, 11) is 0. The van der Waals surface area contributed by atoms with Crippen molar-refractivity contribution in [2.24, 2.45) is 0 Å². The molecule has 0 aliphatic heterocycles. The average molecular weight is 578 g/mol. The molecular weight excluding hydrogens is 546 g/mol. The van der Waals surface area contributed by atoms with Gasteiger partial charge in [-0.2, -0.15) is 0 Å². The summed E-state index contributed by atoms with van der Waals surface area (Å²) in [6, 6.07) is 54.7. The SMILES string of the molecule is CC1(C)c2ccccc2-c2ccc3ccc(N(c4ccc(-c5ccccc5)cc4)c4ccc5oc6ccccc6c5c4)cc3c21. The Labute approximate surface area is 262 Å². The van der Waals surface area contributed by atoms with Crippen LogP contribution < -0.4 is 4.90 Å². The molecule has 214 valence electrons. The van der Waals surface area contributed by atoms with Crippen LogP contribution in [0.4, 0.5) is 17.1 Å². The number of furan rings is 1. The number of anilines is 3. The van der Waals surface area contributed by atoms with Crippen LogP contribution in [0, 0.1) is 0 Å². The molecule has 0 spiro atoms. The summed E-state index contributed by atoms with van der Waals surface area (Å²) in [4.78, 5) is 2.38. The molecule has 0 saturated carbocycles. The molecule has 0 N–H and O–H groups in total. The average Bonchev–Trinajstić information content (AvgIpc) is 3.57. The zero-order valence-corrected chi connectivity index (χ0v) is 25.3. The Morgan fingerprint density at radius 1 is 0.467 bits per heavy atom. The van der Waals surface area contributed by atoms with E-state index in [9.17, 15) is 0 Å². The van der Waals surface area contributed by atoms with Gasteiger partial charge in [-0.3, -0.25) is 0 Å². The van der Waals surface area contributed by atoms with Gasteiger partial charge in [0.05, 0.1) is 0 Å². The van der Waals surface area contributed by atoms with E-state index in [2.05, 4.69) is 158 Å². The van der Waals surface area contributed by atoms with Crippen molar-refractivity contribution in [1.82, 2.24) is 0 Å². The Hall–Kier alpha value is -5.60. The predicted octanol–water partition coefficient (Wildman–Crippen LogP) is 12.2. The maximum Gasteiger partial charge on any atom is 0.135 e. The van der Waals surface area contributed by atoms with Gasteiger partial charge in [-0.05, 0) is 92.7 Å². The molecule has 7 aromatic carbocycles. The lowest BCUT2D eigenvalue weighted by molar-refractivity contribution is 0.666. The predicted molar refractivity (Wildman–Crippen MR) is 189 cm³/mol. The van der Waals surface area contributed by atoms with Gasteiger partial charge in [0, 0.05) is 33.2 Å². The van der Waals surface area contributed by atoms with Gasteiger partial charge in [0.1, 0.15) is 11.2 Å². The molecule has 9 rings (SSSR count). The molecule has 0 amide bonds. The van der Waals surface area contributed by atoms with Crippen LogP contribution in [0.2, 0.25) is 0 Å². The molecule has 1 aliphatic rings. The Balaban J connectivity index is 1.26. The first-order chi connectivity index (χ1) is 22.1. The maximum atomic E-state index is 6.21. The number of rotatable bonds is 4. The molecule has 1 heterocycles. The first-order valence-corrected chi connectivity index (χ1v) is 15.6. The van der Waals surface area contributed by atoms with E-state index in [1.807, 2.05) is 12.1 Å². The van der Waals surface area contributed by atoms with Crippen LogP contribution in [0.15, 0.2) is 156 Å². The van der Waals surface area contributed by atoms with Crippen LogP contribution in [0.1, 0.15) is 25.0 Å². The standard InChI is InChI=1S/C43H31NO/c1-43(2)39-14-8-6-12-34(39)36-24-19-30-18-22-32(26-37(30)42(36)43)44(31-20-16-29(17-21-31)28-10-4-3-5-11-28)33-23-25-41-38(27-33)35-13-7-9-15-40(35)45-41/h3-27H,1-2H3. The third-order valence-corrected chi connectivity index (χ3v) is 9.63. The van der Waals surface area contributed by atoms with E-state index in [1.54, 1.807) is 0 Å². The largest absolute Gasteiger partial charge is 0.456 e. The molecule has 45 heavy (non-hydrogen) atoms. The fourth-order valence-electron chi connectivity index (χ4n) is 7.48. The number of nitrogens with zero attached hydrogens (tertiary/aromatic N) is 1. The van der Waals surface area contributed by atoms with Crippen LogP contribution in [0.3, 0.4) is 0 Å². The highest BCUT2D eigenvalue weighted by Gasteiger charge is 2.36. The Bertz CT molecular complexity index is 2400. The summed E-state index contributed by atoms with van der Waals surface area (Å²) in [5, 5.41) is 4.80. The monoisotopic (exact) mass is 577 g/mol. The van der Waals surface area contributed by atoms with Crippen molar-refractivity contribution in [1.29, 1.82) is 0 Å². The second-order valence-electron chi connectivity index (χ2n) is 12.6. The van der Waals surface area contributed by atoms with Crippen LogP contribution in [0.5, 0.6) is 0 Å². The maximum absolute atomic E-state index is 6.21. The molecule has 0 radical (unpaired) electrons. The van der Waals surface area contributed by atoms with Gasteiger partial charge in [0.25, 0.3) is 0 Å². The molecule has 2 nitrogen and oxygen atoms in total. The quantitative estimate of drug-likeness (QED) is 0.207. The number of hydrogen-bond acceptors (Lipinski definition) is 2. The number of fused-ring (bicyclic) bond motifs is 8. The van der Waals surface area contributed by atoms with E-state index >= 15 is 0 Å². The third kappa shape index (κ3) is 3.96. The van der Waals surface area contributed by atoms with Gasteiger partial charge < -0.3 is 9.32 Å². The lowest BCUT2D eigenvalue weighted by atomic mass is 9.80. The number of hydrogen-bond donors (Lipinski definition) is 0. The minimum absolute atomic E-state index is 0.0964. The van der Waals surface area contributed by atoms with E-state index in [1.165, 1.54) is 44.2 Å². The molecule has 1 aliphatic carbocycles. The third-order valence-electron chi connectivity index (χ3n) is 9.63. The summed E-state index contributed by atoms with van der Waals surface area (Å²) < 4.78 is 6.21. The van der Waals surface area contributed by atoms with Crippen molar-refractivity contribution in [2.75, 3.05) is 4.90 Å². The molecule has 8 aromatic rings. The van der Waals surface area contributed by atoms with Crippen molar-refractivity contribution in [3.63, 3.8) is 0 Å². The lowest BCUT2D eigenvalue weighted by Gasteiger charge is -2.28. The fourth-order valence-corrected chi connectivity index (χ4v) is 7.48. The summed E-state index contributed by atoms with van der Waals surface area (Å²) in [5.41, 5.74) is 12.9. The molecule has 2 heteroatoms. The van der Waals surface area contributed by atoms with E-state index in [-0.39, 0.29) is 5.41 Å². The molecule has 0 atom stereocenters.